The average molecular weight is 466 g/mol. The molecule has 35 heavy (non-hydrogen) atoms. The van der Waals surface area contributed by atoms with Crippen LogP contribution in [-0.2, 0) is 19.5 Å². The first kappa shape index (κ1) is 22.0. The topological polar surface area (TPSA) is 66.8 Å². The Kier molecular flexibility index (Phi) is 6.05. The van der Waals surface area contributed by atoms with Gasteiger partial charge in [-0.25, -0.2) is 9.67 Å². The maximum atomic E-state index is 13.1. The zero-order valence-corrected chi connectivity index (χ0v) is 20.0. The van der Waals surface area contributed by atoms with Gasteiger partial charge in [-0.2, -0.15) is 5.10 Å². The van der Waals surface area contributed by atoms with Gasteiger partial charge in [0.15, 0.2) is 0 Å². The molecule has 1 aliphatic heterocycles. The van der Waals surface area contributed by atoms with Crippen molar-refractivity contribution < 1.29 is 0 Å². The molecule has 6 rings (SSSR count). The third kappa shape index (κ3) is 4.58. The highest BCUT2D eigenvalue weighted by molar-refractivity contribution is 5.63. The third-order valence-electron chi connectivity index (χ3n) is 7.41. The summed E-state index contributed by atoms with van der Waals surface area (Å²) in [6.45, 7) is 2.24. The van der Waals surface area contributed by atoms with Crippen LogP contribution in [-0.4, -0.2) is 31.2 Å². The van der Waals surface area contributed by atoms with Crippen molar-refractivity contribution in [3.63, 3.8) is 0 Å². The molecule has 6 nitrogen and oxygen atoms in total. The summed E-state index contributed by atoms with van der Waals surface area (Å²) in [7, 11) is 0. The van der Waals surface area contributed by atoms with Gasteiger partial charge in [-0.15, -0.1) is 0 Å². The molecular weight excluding hydrogens is 434 g/mol. The highest BCUT2D eigenvalue weighted by Gasteiger charge is 2.25. The lowest BCUT2D eigenvalue weighted by Gasteiger charge is -2.28. The minimum absolute atomic E-state index is 0.0449. The van der Waals surface area contributed by atoms with Crippen LogP contribution in [0.25, 0.3) is 16.9 Å². The zero-order chi connectivity index (χ0) is 23.6. The molecule has 0 atom stereocenters. The lowest BCUT2D eigenvalue weighted by Crippen LogP contribution is -2.36. The lowest BCUT2D eigenvalue weighted by atomic mass is 9.88. The molecule has 2 aromatic carbocycles. The molecular formula is C29H31N5O. The first-order valence-corrected chi connectivity index (χ1v) is 12.8. The van der Waals surface area contributed by atoms with Crippen molar-refractivity contribution in [1.82, 2.24) is 24.6 Å². The molecule has 0 bridgehead atoms. The third-order valence-corrected chi connectivity index (χ3v) is 7.41. The number of fused-ring (bicyclic) bond motifs is 1. The summed E-state index contributed by atoms with van der Waals surface area (Å²) in [5.41, 5.74) is 6.15. The Labute approximate surface area is 205 Å². The first-order valence-electron chi connectivity index (χ1n) is 12.8. The number of nitrogens with zero attached hydrogens (tertiary/aromatic N) is 4. The number of para-hydroxylation sites is 1. The van der Waals surface area contributed by atoms with Crippen molar-refractivity contribution in [2.45, 2.75) is 57.5 Å². The van der Waals surface area contributed by atoms with Crippen molar-refractivity contribution in [2.24, 2.45) is 0 Å². The Morgan fingerprint density at radius 1 is 0.943 bits per heavy atom. The Balaban J connectivity index is 1.28. The molecule has 3 heterocycles. The van der Waals surface area contributed by atoms with E-state index in [-0.39, 0.29) is 5.56 Å². The van der Waals surface area contributed by atoms with Gasteiger partial charge in [0.25, 0.3) is 5.56 Å². The summed E-state index contributed by atoms with van der Waals surface area (Å²) >= 11 is 0. The molecule has 2 aromatic heterocycles. The minimum atomic E-state index is 0.0449. The Morgan fingerprint density at radius 3 is 2.46 bits per heavy atom. The molecule has 1 N–H and O–H groups in total. The van der Waals surface area contributed by atoms with Gasteiger partial charge >= 0.3 is 0 Å². The van der Waals surface area contributed by atoms with Crippen LogP contribution in [0.5, 0.6) is 0 Å². The van der Waals surface area contributed by atoms with E-state index in [1.807, 2.05) is 41.1 Å². The van der Waals surface area contributed by atoms with Gasteiger partial charge in [0, 0.05) is 49.3 Å². The molecule has 178 valence electrons. The minimum Gasteiger partial charge on any atom is -0.310 e. The summed E-state index contributed by atoms with van der Waals surface area (Å²) in [6.07, 6.45) is 8.99. The summed E-state index contributed by atoms with van der Waals surface area (Å²) in [5, 5.41) is 4.95. The smallest absolute Gasteiger partial charge is 0.255 e. The molecule has 1 fully saturated rings. The maximum absolute atomic E-state index is 13.1. The number of hydrogen-bond donors (Lipinski definition) is 1. The van der Waals surface area contributed by atoms with Crippen molar-refractivity contribution >= 4 is 0 Å². The predicted molar refractivity (Wildman–Crippen MR) is 138 cm³/mol. The van der Waals surface area contributed by atoms with E-state index in [4.69, 9.17) is 10.1 Å². The number of rotatable bonds is 5. The Hall–Kier alpha value is -3.51. The second-order valence-corrected chi connectivity index (χ2v) is 9.82. The van der Waals surface area contributed by atoms with Crippen LogP contribution in [0.15, 0.2) is 71.7 Å². The highest BCUT2D eigenvalue weighted by atomic mass is 16.1. The fraction of sp³-hybridized carbons (Fsp3) is 0.345. The lowest BCUT2D eigenvalue weighted by molar-refractivity contribution is 0.241. The second kappa shape index (κ2) is 9.62. The molecule has 0 amide bonds. The van der Waals surface area contributed by atoms with Crippen LogP contribution >= 0.6 is 0 Å². The highest BCUT2D eigenvalue weighted by Crippen LogP contribution is 2.31. The molecule has 2 aliphatic rings. The van der Waals surface area contributed by atoms with E-state index in [2.05, 4.69) is 40.3 Å². The van der Waals surface area contributed by atoms with Gasteiger partial charge in [0.1, 0.15) is 5.82 Å². The van der Waals surface area contributed by atoms with Crippen molar-refractivity contribution in [1.29, 1.82) is 0 Å². The fourth-order valence-corrected chi connectivity index (χ4v) is 5.52. The van der Waals surface area contributed by atoms with Crippen molar-refractivity contribution in [3.8, 4) is 16.9 Å². The van der Waals surface area contributed by atoms with Crippen molar-refractivity contribution in [2.75, 3.05) is 6.54 Å². The molecule has 0 spiro atoms. The van der Waals surface area contributed by atoms with Gasteiger partial charge in [0.05, 0.1) is 22.6 Å². The van der Waals surface area contributed by atoms with E-state index in [9.17, 15) is 4.79 Å². The summed E-state index contributed by atoms with van der Waals surface area (Å²) in [6, 6.07) is 20.5. The van der Waals surface area contributed by atoms with E-state index in [0.29, 0.717) is 12.5 Å². The van der Waals surface area contributed by atoms with E-state index in [0.717, 1.165) is 71.9 Å². The standard InChI is InChI=1S/C29H31N5O/c35-29-25-20-33(17-16-26(25)30-28(31-29)22-12-6-2-7-13-22)18-23-19-34(24-14-8-3-9-15-24)32-27(23)21-10-4-1-5-11-21/h1,3-5,8-11,14-15,19,22H,2,6-7,12-13,16-18,20H2,(H,30,31,35). The predicted octanol–water partition coefficient (Wildman–Crippen LogP) is 5.23. The largest absolute Gasteiger partial charge is 0.310 e. The molecule has 0 unspecified atom stereocenters. The summed E-state index contributed by atoms with van der Waals surface area (Å²) in [4.78, 5) is 23.5. The molecule has 0 saturated heterocycles. The normalized spacial score (nSPS) is 16.8. The monoisotopic (exact) mass is 465 g/mol. The number of nitrogens with one attached hydrogen (secondary N) is 1. The van der Waals surface area contributed by atoms with Crippen LogP contribution in [0.2, 0.25) is 0 Å². The fourth-order valence-electron chi connectivity index (χ4n) is 5.52. The number of aromatic amines is 1. The summed E-state index contributed by atoms with van der Waals surface area (Å²) < 4.78 is 1.96. The van der Waals surface area contributed by atoms with Gasteiger partial charge in [-0.1, -0.05) is 67.8 Å². The van der Waals surface area contributed by atoms with Crippen LogP contribution in [0.1, 0.15) is 60.7 Å². The first-order chi connectivity index (χ1) is 17.2. The van der Waals surface area contributed by atoms with E-state index < -0.39 is 0 Å². The number of aromatic nitrogens is 4. The summed E-state index contributed by atoms with van der Waals surface area (Å²) in [5.74, 6) is 1.33. The molecule has 1 aliphatic carbocycles. The van der Waals surface area contributed by atoms with Crippen LogP contribution in [0, 0.1) is 0 Å². The SMILES string of the molecule is O=c1[nH]c(C2CCCCC2)nc2c1CN(Cc1cn(-c3ccccc3)nc1-c1ccccc1)CC2. The molecule has 0 radical (unpaired) electrons. The number of benzene rings is 2. The van der Waals surface area contributed by atoms with Crippen LogP contribution < -0.4 is 5.56 Å². The average Bonchev–Trinajstić information content (AvgIpc) is 3.34. The zero-order valence-electron chi connectivity index (χ0n) is 20.0. The van der Waals surface area contributed by atoms with E-state index >= 15 is 0 Å². The quantitative estimate of drug-likeness (QED) is 0.438. The van der Waals surface area contributed by atoms with Gasteiger partial charge in [-0.3, -0.25) is 9.69 Å². The van der Waals surface area contributed by atoms with Crippen LogP contribution in [0.3, 0.4) is 0 Å². The van der Waals surface area contributed by atoms with E-state index in [1.165, 1.54) is 19.3 Å². The Morgan fingerprint density at radius 2 is 1.69 bits per heavy atom. The molecule has 4 aromatic rings. The van der Waals surface area contributed by atoms with Crippen LogP contribution in [0.4, 0.5) is 0 Å². The Bertz CT molecular complexity index is 1350. The molecule has 6 heteroatoms. The van der Waals surface area contributed by atoms with Gasteiger partial charge in [0.2, 0.25) is 0 Å². The number of H-pyrrole nitrogens is 1. The van der Waals surface area contributed by atoms with Gasteiger partial charge in [-0.05, 0) is 25.0 Å². The maximum Gasteiger partial charge on any atom is 0.255 e. The van der Waals surface area contributed by atoms with E-state index in [1.54, 1.807) is 0 Å². The second-order valence-electron chi connectivity index (χ2n) is 9.82. The molecule has 1 saturated carbocycles. The van der Waals surface area contributed by atoms with Gasteiger partial charge < -0.3 is 4.98 Å². The number of hydrogen-bond acceptors (Lipinski definition) is 4. The van der Waals surface area contributed by atoms with Crippen molar-refractivity contribution in [3.05, 3.63) is 99.9 Å².